The van der Waals surface area contributed by atoms with Crippen LogP contribution in [-0.2, 0) is 0 Å². The van der Waals surface area contributed by atoms with Crippen LogP contribution in [0.1, 0.15) is 49.1 Å². The molecule has 0 aliphatic carbocycles. The van der Waals surface area contributed by atoms with E-state index in [1.807, 2.05) is 37.7 Å². The highest BCUT2D eigenvalue weighted by Crippen LogP contribution is 2.26. The number of aromatic nitrogens is 4. The van der Waals surface area contributed by atoms with Crippen molar-refractivity contribution in [2.75, 3.05) is 0 Å². The number of hydrogen-bond donors (Lipinski definition) is 2. The summed E-state index contributed by atoms with van der Waals surface area (Å²) in [5, 5.41) is 8.51. The van der Waals surface area contributed by atoms with Crippen molar-refractivity contribution in [2.45, 2.75) is 52.7 Å². The van der Waals surface area contributed by atoms with E-state index >= 15 is 0 Å². The Morgan fingerprint density at radius 2 is 2.04 bits per heavy atom. The van der Waals surface area contributed by atoms with Crippen LogP contribution in [0.2, 0.25) is 0 Å². The van der Waals surface area contributed by atoms with E-state index in [9.17, 15) is 4.79 Å². The van der Waals surface area contributed by atoms with E-state index in [1.54, 1.807) is 17.5 Å². The predicted octanol–water partition coefficient (Wildman–Crippen LogP) is 3.10. The smallest absolute Gasteiger partial charge is 0.259 e. The molecule has 0 fully saturated rings. The van der Waals surface area contributed by atoms with Crippen LogP contribution >= 0.6 is 11.3 Å². The summed E-state index contributed by atoms with van der Waals surface area (Å²) in [4.78, 5) is 22.0. The van der Waals surface area contributed by atoms with Gasteiger partial charge in [-0.1, -0.05) is 0 Å². The maximum absolute atomic E-state index is 12.4. The van der Waals surface area contributed by atoms with Gasteiger partial charge in [-0.3, -0.25) is 9.48 Å². The molecular weight excluding hydrogens is 322 g/mol. The minimum atomic E-state index is -0.0576. The molecule has 24 heavy (non-hydrogen) atoms. The number of aryl methyl sites for hydroxylation is 2. The fraction of sp³-hybridized carbons (Fsp3) is 0.471. The van der Waals surface area contributed by atoms with E-state index in [4.69, 9.17) is 0 Å². The summed E-state index contributed by atoms with van der Waals surface area (Å²) < 4.78 is 1.93. The van der Waals surface area contributed by atoms with Gasteiger partial charge in [-0.05, 0) is 46.2 Å². The fourth-order valence-electron chi connectivity index (χ4n) is 2.84. The molecule has 0 radical (unpaired) electrons. The third-order valence-electron chi connectivity index (χ3n) is 4.65. The van der Waals surface area contributed by atoms with E-state index in [1.165, 1.54) is 0 Å². The first-order valence-electron chi connectivity index (χ1n) is 8.13. The lowest BCUT2D eigenvalue weighted by molar-refractivity contribution is 0.337. The van der Waals surface area contributed by atoms with E-state index in [-0.39, 0.29) is 23.7 Å². The van der Waals surface area contributed by atoms with Gasteiger partial charge in [0.05, 0.1) is 17.5 Å². The molecule has 3 aromatic heterocycles. The predicted molar refractivity (Wildman–Crippen MR) is 97.7 cm³/mol. The van der Waals surface area contributed by atoms with Gasteiger partial charge in [-0.25, -0.2) is 4.98 Å². The Balaban J connectivity index is 1.83. The van der Waals surface area contributed by atoms with Gasteiger partial charge in [0.15, 0.2) is 0 Å². The van der Waals surface area contributed by atoms with Gasteiger partial charge in [0, 0.05) is 23.3 Å². The van der Waals surface area contributed by atoms with Gasteiger partial charge in [0.25, 0.3) is 5.56 Å². The van der Waals surface area contributed by atoms with Crippen molar-refractivity contribution in [3.8, 4) is 0 Å². The van der Waals surface area contributed by atoms with E-state index in [0.717, 1.165) is 15.3 Å². The number of H-pyrrole nitrogens is 1. The van der Waals surface area contributed by atoms with Crippen LogP contribution < -0.4 is 10.9 Å². The lowest BCUT2D eigenvalue weighted by Crippen LogP contribution is -2.36. The Labute approximate surface area is 144 Å². The quantitative estimate of drug-likeness (QED) is 0.745. The lowest BCUT2D eigenvalue weighted by Gasteiger charge is -2.25. The zero-order valence-electron chi connectivity index (χ0n) is 14.6. The van der Waals surface area contributed by atoms with Crippen LogP contribution in [0.4, 0.5) is 0 Å². The molecule has 2 N–H and O–H groups in total. The fourth-order valence-corrected chi connectivity index (χ4v) is 3.88. The molecule has 0 saturated heterocycles. The number of thiophene rings is 1. The topological polar surface area (TPSA) is 75.6 Å². The zero-order chi connectivity index (χ0) is 17.4. The Morgan fingerprint density at radius 3 is 2.71 bits per heavy atom. The first-order chi connectivity index (χ1) is 11.4. The van der Waals surface area contributed by atoms with Crippen molar-refractivity contribution in [3.05, 3.63) is 45.1 Å². The first-order valence-corrected chi connectivity index (χ1v) is 8.95. The summed E-state index contributed by atoms with van der Waals surface area (Å²) in [6, 6.07) is 2.23. The van der Waals surface area contributed by atoms with Crippen molar-refractivity contribution in [3.63, 3.8) is 0 Å². The minimum absolute atomic E-state index is 0.0572. The molecule has 128 valence electrons. The number of nitrogens with zero attached hydrogens (tertiary/aromatic N) is 3. The highest BCUT2D eigenvalue weighted by molar-refractivity contribution is 7.18. The molecule has 0 aromatic carbocycles. The Bertz CT molecular complexity index is 896. The molecular formula is C17H23N5OS. The molecule has 6 nitrogen and oxygen atoms in total. The van der Waals surface area contributed by atoms with Crippen LogP contribution in [0.3, 0.4) is 0 Å². The number of nitrogens with one attached hydrogen (secondary N) is 2. The largest absolute Gasteiger partial charge is 0.309 e. The molecule has 0 spiro atoms. The second kappa shape index (κ2) is 6.49. The van der Waals surface area contributed by atoms with E-state index in [0.29, 0.717) is 11.2 Å². The van der Waals surface area contributed by atoms with Crippen LogP contribution in [0.15, 0.2) is 23.3 Å². The highest BCUT2D eigenvalue weighted by atomic mass is 32.1. The monoisotopic (exact) mass is 345 g/mol. The average Bonchev–Trinajstić information content (AvgIpc) is 3.15. The summed E-state index contributed by atoms with van der Waals surface area (Å²) in [6.07, 6.45) is 3.73. The molecule has 0 aliphatic rings. The second-order valence-corrected chi connectivity index (χ2v) is 7.52. The minimum Gasteiger partial charge on any atom is -0.309 e. The van der Waals surface area contributed by atoms with Crippen molar-refractivity contribution in [1.29, 1.82) is 0 Å². The number of aromatic amines is 1. The third kappa shape index (κ3) is 3.01. The standard InChI is InChI=1S/C17H23N5OS/c1-9-13(5)24-17-14(9)16(23)20-15(21-17)11(3)19-10(2)12(4)22-8-6-7-18-22/h6-8,10-12,19H,1-5H3,(H,20,21,23)/t10-,11+,12+/m1/s1. The zero-order valence-corrected chi connectivity index (χ0v) is 15.4. The molecule has 0 unspecified atom stereocenters. The van der Waals surface area contributed by atoms with Gasteiger partial charge in [-0.15, -0.1) is 11.3 Å². The summed E-state index contributed by atoms with van der Waals surface area (Å²) >= 11 is 1.57. The van der Waals surface area contributed by atoms with E-state index < -0.39 is 0 Å². The maximum atomic E-state index is 12.4. The molecule has 3 heterocycles. The third-order valence-corrected chi connectivity index (χ3v) is 5.75. The van der Waals surface area contributed by atoms with Crippen LogP contribution in [0, 0.1) is 13.8 Å². The van der Waals surface area contributed by atoms with Gasteiger partial charge in [0.1, 0.15) is 10.7 Å². The summed E-state index contributed by atoms with van der Waals surface area (Å²) in [6.45, 7) is 10.2. The molecule has 0 saturated carbocycles. The van der Waals surface area contributed by atoms with Gasteiger partial charge < -0.3 is 10.3 Å². The Hall–Kier alpha value is -1.99. The molecule has 0 aliphatic heterocycles. The summed E-state index contributed by atoms with van der Waals surface area (Å²) in [5.41, 5.74) is 0.967. The van der Waals surface area contributed by atoms with Crippen molar-refractivity contribution < 1.29 is 0 Å². The molecule has 0 amide bonds. The normalized spacial score (nSPS) is 15.5. The van der Waals surface area contributed by atoms with Crippen LogP contribution in [0.5, 0.6) is 0 Å². The number of fused-ring (bicyclic) bond motifs is 1. The SMILES string of the molecule is Cc1sc2nc([C@H](C)N[C@H](C)[C@H](C)n3cccn3)[nH]c(=O)c2c1C. The maximum Gasteiger partial charge on any atom is 0.259 e. The van der Waals surface area contributed by atoms with Crippen LogP contribution in [0.25, 0.3) is 10.2 Å². The summed E-state index contributed by atoms with van der Waals surface area (Å²) in [7, 11) is 0. The summed E-state index contributed by atoms with van der Waals surface area (Å²) in [5.74, 6) is 0.674. The first kappa shape index (κ1) is 16.9. The lowest BCUT2D eigenvalue weighted by atomic mass is 10.1. The van der Waals surface area contributed by atoms with Crippen molar-refractivity contribution in [1.82, 2.24) is 25.1 Å². The number of hydrogen-bond acceptors (Lipinski definition) is 5. The second-order valence-electron chi connectivity index (χ2n) is 6.32. The Morgan fingerprint density at radius 1 is 1.29 bits per heavy atom. The van der Waals surface area contributed by atoms with Crippen LogP contribution in [-0.4, -0.2) is 25.8 Å². The molecule has 0 bridgehead atoms. The molecule has 7 heteroatoms. The molecule has 3 rings (SSSR count). The van der Waals surface area contributed by atoms with E-state index in [2.05, 4.69) is 34.2 Å². The highest BCUT2D eigenvalue weighted by Gasteiger charge is 2.20. The average molecular weight is 345 g/mol. The van der Waals surface area contributed by atoms with Crippen molar-refractivity contribution in [2.24, 2.45) is 0 Å². The van der Waals surface area contributed by atoms with Gasteiger partial charge in [-0.2, -0.15) is 5.10 Å². The Kier molecular flexibility index (Phi) is 4.56. The molecule has 3 atom stereocenters. The number of rotatable bonds is 5. The molecule has 3 aromatic rings. The van der Waals surface area contributed by atoms with Crippen molar-refractivity contribution >= 4 is 21.6 Å². The van der Waals surface area contributed by atoms with Gasteiger partial charge in [0.2, 0.25) is 0 Å². The van der Waals surface area contributed by atoms with Gasteiger partial charge >= 0.3 is 0 Å².